The summed E-state index contributed by atoms with van der Waals surface area (Å²) in [4.78, 5) is 2.50. The maximum atomic E-state index is 13.6. The molecule has 0 spiro atoms. The van der Waals surface area contributed by atoms with Gasteiger partial charge in [0.15, 0.2) is 5.11 Å². The standard InChI is InChI=1S/C16H24FN3S/c1-16(2,20-10-6-3-7-11-20)12-18-15(21)19-14-9-5-4-8-13(14)17/h4-5,8-9H,3,6-7,10-12H2,1-2H3,(H2,18,19,21). The lowest BCUT2D eigenvalue weighted by Gasteiger charge is -2.41. The topological polar surface area (TPSA) is 27.3 Å². The zero-order valence-corrected chi connectivity index (χ0v) is 13.6. The van der Waals surface area contributed by atoms with E-state index in [2.05, 4.69) is 29.4 Å². The molecule has 0 aromatic heterocycles. The molecule has 0 amide bonds. The molecule has 0 unspecified atom stereocenters. The fraction of sp³-hybridized carbons (Fsp3) is 0.562. The number of rotatable bonds is 4. The van der Waals surface area contributed by atoms with Crippen LogP contribution in [0.2, 0.25) is 0 Å². The smallest absolute Gasteiger partial charge is 0.170 e. The van der Waals surface area contributed by atoms with E-state index in [1.54, 1.807) is 18.2 Å². The zero-order valence-electron chi connectivity index (χ0n) is 12.8. The third-order valence-corrected chi connectivity index (χ3v) is 4.26. The molecule has 5 heteroatoms. The first-order valence-electron chi connectivity index (χ1n) is 7.53. The van der Waals surface area contributed by atoms with Crippen LogP contribution in [0.25, 0.3) is 0 Å². The van der Waals surface area contributed by atoms with Gasteiger partial charge in [-0.1, -0.05) is 18.6 Å². The lowest BCUT2D eigenvalue weighted by molar-refractivity contribution is 0.0986. The van der Waals surface area contributed by atoms with Crippen molar-refractivity contribution in [2.75, 3.05) is 25.0 Å². The molecule has 2 rings (SSSR count). The number of hydrogen-bond acceptors (Lipinski definition) is 2. The Morgan fingerprint density at radius 1 is 1.24 bits per heavy atom. The van der Waals surface area contributed by atoms with E-state index in [1.165, 1.54) is 25.3 Å². The van der Waals surface area contributed by atoms with E-state index in [4.69, 9.17) is 12.2 Å². The lowest BCUT2D eigenvalue weighted by atomic mass is 9.98. The van der Waals surface area contributed by atoms with Crippen LogP contribution in [0.3, 0.4) is 0 Å². The number of hydrogen-bond donors (Lipinski definition) is 2. The summed E-state index contributed by atoms with van der Waals surface area (Å²) in [6.45, 7) is 7.46. The number of nitrogens with one attached hydrogen (secondary N) is 2. The quantitative estimate of drug-likeness (QED) is 0.834. The Morgan fingerprint density at radius 2 is 1.90 bits per heavy atom. The van der Waals surface area contributed by atoms with Crippen molar-refractivity contribution < 1.29 is 4.39 Å². The fourth-order valence-corrected chi connectivity index (χ4v) is 2.82. The Kier molecular flexibility index (Phi) is 5.53. The number of piperidine rings is 1. The zero-order chi connectivity index (χ0) is 15.3. The molecule has 0 radical (unpaired) electrons. The van der Waals surface area contributed by atoms with Crippen molar-refractivity contribution in [2.24, 2.45) is 0 Å². The average molecular weight is 309 g/mol. The van der Waals surface area contributed by atoms with Crippen LogP contribution in [0.1, 0.15) is 33.1 Å². The van der Waals surface area contributed by atoms with Crippen molar-refractivity contribution in [1.82, 2.24) is 10.2 Å². The van der Waals surface area contributed by atoms with E-state index in [9.17, 15) is 4.39 Å². The molecule has 0 atom stereocenters. The van der Waals surface area contributed by atoms with Crippen molar-refractivity contribution in [3.63, 3.8) is 0 Å². The first-order chi connectivity index (χ1) is 9.99. The van der Waals surface area contributed by atoms with Gasteiger partial charge in [0.2, 0.25) is 0 Å². The minimum Gasteiger partial charge on any atom is -0.361 e. The molecule has 3 nitrogen and oxygen atoms in total. The predicted octanol–water partition coefficient (Wildman–Crippen LogP) is 3.38. The number of nitrogens with zero attached hydrogens (tertiary/aromatic N) is 1. The van der Waals surface area contributed by atoms with Crippen LogP contribution in [0.4, 0.5) is 10.1 Å². The van der Waals surface area contributed by atoms with E-state index < -0.39 is 0 Å². The summed E-state index contributed by atoms with van der Waals surface area (Å²) in [6, 6.07) is 6.55. The van der Waals surface area contributed by atoms with E-state index in [1.807, 2.05) is 0 Å². The molecule has 0 aliphatic carbocycles. The summed E-state index contributed by atoms with van der Waals surface area (Å²) < 4.78 is 13.6. The highest BCUT2D eigenvalue weighted by Crippen LogP contribution is 2.20. The van der Waals surface area contributed by atoms with Crippen molar-refractivity contribution >= 4 is 23.0 Å². The maximum Gasteiger partial charge on any atom is 0.170 e. The predicted molar refractivity (Wildman–Crippen MR) is 90.1 cm³/mol. The number of benzene rings is 1. The highest BCUT2D eigenvalue weighted by molar-refractivity contribution is 7.80. The monoisotopic (exact) mass is 309 g/mol. The van der Waals surface area contributed by atoms with Gasteiger partial charge in [0.1, 0.15) is 5.82 Å². The molecular weight excluding hydrogens is 285 g/mol. The van der Waals surface area contributed by atoms with Crippen LogP contribution in [0.15, 0.2) is 24.3 Å². The van der Waals surface area contributed by atoms with Gasteiger partial charge >= 0.3 is 0 Å². The Balaban J connectivity index is 1.84. The summed E-state index contributed by atoms with van der Waals surface area (Å²) in [5, 5.41) is 6.58. The van der Waals surface area contributed by atoms with Crippen LogP contribution < -0.4 is 10.6 Å². The number of anilines is 1. The van der Waals surface area contributed by atoms with Gasteiger partial charge in [0.25, 0.3) is 0 Å². The highest BCUT2D eigenvalue weighted by atomic mass is 32.1. The van der Waals surface area contributed by atoms with Crippen molar-refractivity contribution in [3.05, 3.63) is 30.1 Å². The molecule has 0 bridgehead atoms. The van der Waals surface area contributed by atoms with E-state index in [0.29, 0.717) is 10.8 Å². The van der Waals surface area contributed by atoms with Gasteiger partial charge in [0, 0.05) is 12.1 Å². The lowest BCUT2D eigenvalue weighted by Crippen LogP contribution is -2.53. The van der Waals surface area contributed by atoms with Crippen molar-refractivity contribution in [2.45, 2.75) is 38.6 Å². The van der Waals surface area contributed by atoms with Crippen LogP contribution in [-0.4, -0.2) is 35.2 Å². The molecule has 2 N–H and O–H groups in total. The van der Waals surface area contributed by atoms with Crippen LogP contribution >= 0.6 is 12.2 Å². The van der Waals surface area contributed by atoms with Crippen LogP contribution in [-0.2, 0) is 0 Å². The molecule has 1 aliphatic rings. The Hall–Kier alpha value is -1.20. The Morgan fingerprint density at radius 3 is 2.57 bits per heavy atom. The highest BCUT2D eigenvalue weighted by Gasteiger charge is 2.27. The van der Waals surface area contributed by atoms with Gasteiger partial charge in [0.05, 0.1) is 5.69 Å². The summed E-state index contributed by atoms with van der Waals surface area (Å²) >= 11 is 5.26. The number of halogens is 1. The second-order valence-electron chi connectivity index (χ2n) is 6.15. The van der Waals surface area contributed by atoms with Gasteiger partial charge in [-0.2, -0.15) is 0 Å². The first kappa shape index (κ1) is 16.2. The SMILES string of the molecule is CC(C)(CNC(=S)Nc1ccccc1F)N1CCCCC1. The van der Waals surface area contributed by atoms with Gasteiger partial charge < -0.3 is 10.6 Å². The molecule has 116 valence electrons. The molecule has 1 aromatic carbocycles. The van der Waals surface area contributed by atoms with E-state index >= 15 is 0 Å². The van der Waals surface area contributed by atoms with Crippen LogP contribution in [0.5, 0.6) is 0 Å². The number of para-hydroxylation sites is 1. The molecular formula is C16H24FN3S. The molecule has 1 aliphatic heterocycles. The number of thiocarbonyl (C=S) groups is 1. The van der Waals surface area contributed by atoms with Gasteiger partial charge in [-0.3, -0.25) is 4.90 Å². The molecule has 21 heavy (non-hydrogen) atoms. The Labute approximate surface area is 131 Å². The van der Waals surface area contributed by atoms with E-state index in [0.717, 1.165) is 19.6 Å². The van der Waals surface area contributed by atoms with Gasteiger partial charge in [-0.05, 0) is 64.1 Å². The second-order valence-corrected chi connectivity index (χ2v) is 6.56. The summed E-state index contributed by atoms with van der Waals surface area (Å²) in [5.41, 5.74) is 0.451. The normalized spacial score (nSPS) is 16.5. The summed E-state index contributed by atoms with van der Waals surface area (Å²) in [6.07, 6.45) is 3.86. The average Bonchev–Trinajstić information content (AvgIpc) is 2.49. The molecule has 1 saturated heterocycles. The maximum absolute atomic E-state index is 13.6. The fourth-order valence-electron chi connectivity index (χ4n) is 2.64. The Bertz CT molecular complexity index is 484. The number of likely N-dealkylation sites (tertiary alicyclic amines) is 1. The van der Waals surface area contributed by atoms with Crippen molar-refractivity contribution in [3.8, 4) is 0 Å². The van der Waals surface area contributed by atoms with E-state index in [-0.39, 0.29) is 11.4 Å². The summed E-state index contributed by atoms with van der Waals surface area (Å²) in [7, 11) is 0. The third-order valence-electron chi connectivity index (χ3n) is 4.02. The first-order valence-corrected chi connectivity index (χ1v) is 7.94. The summed E-state index contributed by atoms with van der Waals surface area (Å²) in [5.74, 6) is -0.294. The van der Waals surface area contributed by atoms with Crippen molar-refractivity contribution in [1.29, 1.82) is 0 Å². The van der Waals surface area contributed by atoms with Crippen LogP contribution in [0, 0.1) is 5.82 Å². The third kappa shape index (κ3) is 4.64. The molecule has 1 heterocycles. The molecule has 1 fully saturated rings. The minimum absolute atomic E-state index is 0.0430. The largest absolute Gasteiger partial charge is 0.361 e. The molecule has 1 aromatic rings. The van der Waals surface area contributed by atoms with Gasteiger partial charge in [-0.25, -0.2) is 4.39 Å². The second kappa shape index (κ2) is 7.18. The van der Waals surface area contributed by atoms with Gasteiger partial charge in [-0.15, -0.1) is 0 Å². The molecule has 0 saturated carbocycles. The minimum atomic E-state index is -0.294.